The van der Waals surface area contributed by atoms with Crippen LogP contribution >= 0.6 is 0 Å². The molecule has 20 heavy (non-hydrogen) atoms. The Bertz CT molecular complexity index is 634. The quantitative estimate of drug-likeness (QED) is 0.915. The van der Waals surface area contributed by atoms with Crippen molar-refractivity contribution >= 4 is 5.82 Å². The van der Waals surface area contributed by atoms with Gasteiger partial charge in [0.2, 0.25) is 0 Å². The van der Waals surface area contributed by atoms with E-state index in [9.17, 15) is 0 Å². The molecule has 0 saturated heterocycles. The molecule has 1 fully saturated rings. The minimum Gasteiger partial charge on any atom is -0.367 e. The predicted octanol–water partition coefficient (Wildman–Crippen LogP) is 3.95. The second-order valence-corrected chi connectivity index (χ2v) is 5.88. The first-order valence-electron chi connectivity index (χ1n) is 7.23. The van der Waals surface area contributed by atoms with Crippen LogP contribution in [-0.4, -0.2) is 16.0 Å². The second kappa shape index (κ2) is 4.89. The third kappa shape index (κ3) is 2.67. The Hall–Kier alpha value is -1.90. The Morgan fingerprint density at radius 3 is 2.20 bits per heavy atom. The molecule has 1 N–H and O–H groups in total. The fourth-order valence-electron chi connectivity index (χ4n) is 2.79. The molecule has 1 saturated carbocycles. The second-order valence-electron chi connectivity index (χ2n) is 5.88. The van der Waals surface area contributed by atoms with Gasteiger partial charge in [-0.1, -0.05) is 17.7 Å². The minimum absolute atomic E-state index is 0.609. The molecule has 1 aliphatic carbocycles. The van der Waals surface area contributed by atoms with Crippen molar-refractivity contribution in [1.29, 1.82) is 0 Å². The molecule has 0 amide bonds. The van der Waals surface area contributed by atoms with E-state index in [1.54, 1.807) is 0 Å². The lowest BCUT2D eigenvalue weighted by atomic mass is 9.97. The summed E-state index contributed by atoms with van der Waals surface area (Å²) in [6, 6.07) is 7.12. The molecule has 2 aromatic rings. The molecule has 0 radical (unpaired) electrons. The summed E-state index contributed by atoms with van der Waals surface area (Å²) in [5.74, 6) is 1.78. The van der Waals surface area contributed by atoms with Crippen LogP contribution in [0.15, 0.2) is 18.2 Å². The number of hydrogen-bond donors (Lipinski definition) is 1. The number of hydrogen-bond acceptors (Lipinski definition) is 3. The summed E-state index contributed by atoms with van der Waals surface area (Å²) in [5, 5.41) is 3.47. The third-order valence-corrected chi connectivity index (χ3v) is 3.70. The first-order valence-corrected chi connectivity index (χ1v) is 7.23. The average molecular weight is 267 g/mol. The number of nitrogens with zero attached hydrogens (tertiary/aromatic N) is 2. The summed E-state index contributed by atoms with van der Waals surface area (Å²) in [5.41, 5.74) is 6.11. The molecular weight excluding hydrogens is 246 g/mol. The number of aryl methyl sites for hydroxylation is 4. The van der Waals surface area contributed by atoms with Gasteiger partial charge in [0, 0.05) is 17.7 Å². The van der Waals surface area contributed by atoms with Crippen LogP contribution in [-0.2, 0) is 0 Å². The maximum Gasteiger partial charge on any atom is 0.130 e. The molecule has 3 heteroatoms. The summed E-state index contributed by atoms with van der Waals surface area (Å²) in [6.07, 6.45) is 2.50. The molecule has 1 heterocycles. The summed E-state index contributed by atoms with van der Waals surface area (Å²) in [4.78, 5) is 9.13. The lowest BCUT2D eigenvalue weighted by Gasteiger charge is -2.13. The summed E-state index contributed by atoms with van der Waals surface area (Å²) in [7, 11) is 0. The standard InChI is InChI=1S/C17H21N3/c1-10-7-11(2)17(12(3)8-10)15-9-16(19-13(4)18-15)20-14-5-6-14/h7-9,14H,5-6H2,1-4H3,(H,18,19,20). The Morgan fingerprint density at radius 2 is 1.60 bits per heavy atom. The van der Waals surface area contributed by atoms with E-state index >= 15 is 0 Å². The number of aromatic nitrogens is 2. The minimum atomic E-state index is 0.609. The monoisotopic (exact) mass is 267 g/mol. The molecule has 3 nitrogen and oxygen atoms in total. The van der Waals surface area contributed by atoms with Crippen molar-refractivity contribution in [3.05, 3.63) is 40.7 Å². The highest BCUT2D eigenvalue weighted by Gasteiger charge is 2.22. The van der Waals surface area contributed by atoms with Gasteiger partial charge in [-0.2, -0.15) is 0 Å². The first-order chi connectivity index (χ1) is 9.52. The van der Waals surface area contributed by atoms with Crippen molar-refractivity contribution in [2.24, 2.45) is 0 Å². The molecule has 1 aliphatic rings. The SMILES string of the molecule is Cc1cc(C)c(-c2cc(NC3CC3)nc(C)n2)c(C)c1. The van der Waals surface area contributed by atoms with Gasteiger partial charge >= 0.3 is 0 Å². The van der Waals surface area contributed by atoms with E-state index in [1.165, 1.54) is 35.1 Å². The molecule has 1 aromatic carbocycles. The topological polar surface area (TPSA) is 37.8 Å². The van der Waals surface area contributed by atoms with Crippen LogP contribution in [0.4, 0.5) is 5.82 Å². The highest BCUT2D eigenvalue weighted by molar-refractivity contribution is 5.70. The Morgan fingerprint density at radius 1 is 0.950 bits per heavy atom. The molecule has 1 aromatic heterocycles. The normalized spacial score (nSPS) is 14.4. The molecule has 0 atom stereocenters. The Kier molecular flexibility index (Phi) is 3.20. The molecule has 0 unspecified atom stereocenters. The van der Waals surface area contributed by atoms with Crippen molar-refractivity contribution in [3.63, 3.8) is 0 Å². The number of benzene rings is 1. The highest BCUT2D eigenvalue weighted by Crippen LogP contribution is 2.30. The molecule has 0 aliphatic heterocycles. The highest BCUT2D eigenvalue weighted by atomic mass is 15.1. The summed E-state index contributed by atoms with van der Waals surface area (Å²) >= 11 is 0. The van der Waals surface area contributed by atoms with Gasteiger partial charge in [0.25, 0.3) is 0 Å². The molecule has 104 valence electrons. The van der Waals surface area contributed by atoms with Gasteiger partial charge in [-0.15, -0.1) is 0 Å². The van der Waals surface area contributed by atoms with Gasteiger partial charge in [-0.05, 0) is 51.7 Å². The largest absolute Gasteiger partial charge is 0.367 e. The lowest BCUT2D eigenvalue weighted by Crippen LogP contribution is -2.06. The van der Waals surface area contributed by atoms with E-state index in [4.69, 9.17) is 0 Å². The van der Waals surface area contributed by atoms with E-state index in [0.29, 0.717) is 6.04 Å². The van der Waals surface area contributed by atoms with Crippen LogP contribution in [0.25, 0.3) is 11.3 Å². The van der Waals surface area contributed by atoms with Crippen LogP contribution in [0.2, 0.25) is 0 Å². The van der Waals surface area contributed by atoms with E-state index < -0.39 is 0 Å². The fourth-order valence-corrected chi connectivity index (χ4v) is 2.79. The fraction of sp³-hybridized carbons (Fsp3) is 0.412. The van der Waals surface area contributed by atoms with Crippen LogP contribution in [0.3, 0.4) is 0 Å². The van der Waals surface area contributed by atoms with Gasteiger partial charge in [-0.25, -0.2) is 9.97 Å². The van der Waals surface area contributed by atoms with Gasteiger partial charge in [0.15, 0.2) is 0 Å². The van der Waals surface area contributed by atoms with Crippen molar-refractivity contribution in [3.8, 4) is 11.3 Å². The summed E-state index contributed by atoms with van der Waals surface area (Å²) < 4.78 is 0. The van der Waals surface area contributed by atoms with E-state index in [0.717, 1.165) is 17.3 Å². The molecule has 3 rings (SSSR count). The smallest absolute Gasteiger partial charge is 0.130 e. The molecule has 0 bridgehead atoms. The average Bonchev–Trinajstić information content (AvgIpc) is 3.10. The molecule has 0 spiro atoms. The Balaban J connectivity index is 2.07. The van der Waals surface area contributed by atoms with Crippen LogP contribution in [0.1, 0.15) is 35.4 Å². The number of nitrogens with one attached hydrogen (secondary N) is 1. The Labute approximate surface area is 120 Å². The van der Waals surface area contributed by atoms with Gasteiger partial charge in [-0.3, -0.25) is 0 Å². The van der Waals surface area contributed by atoms with Crippen LogP contribution in [0.5, 0.6) is 0 Å². The maximum absolute atomic E-state index is 4.63. The zero-order valence-corrected chi connectivity index (χ0v) is 12.6. The van der Waals surface area contributed by atoms with Crippen molar-refractivity contribution in [2.45, 2.75) is 46.6 Å². The van der Waals surface area contributed by atoms with Crippen molar-refractivity contribution < 1.29 is 0 Å². The van der Waals surface area contributed by atoms with Crippen molar-refractivity contribution in [1.82, 2.24) is 9.97 Å². The lowest BCUT2D eigenvalue weighted by molar-refractivity contribution is 1.02. The predicted molar refractivity (Wildman–Crippen MR) is 83.1 cm³/mol. The third-order valence-electron chi connectivity index (χ3n) is 3.70. The maximum atomic E-state index is 4.63. The number of rotatable bonds is 3. The van der Waals surface area contributed by atoms with E-state index in [2.05, 4.69) is 54.3 Å². The van der Waals surface area contributed by atoms with Gasteiger partial charge < -0.3 is 5.32 Å². The summed E-state index contributed by atoms with van der Waals surface area (Å²) in [6.45, 7) is 8.40. The van der Waals surface area contributed by atoms with E-state index in [1.807, 2.05) is 6.92 Å². The van der Waals surface area contributed by atoms with E-state index in [-0.39, 0.29) is 0 Å². The van der Waals surface area contributed by atoms with Crippen LogP contribution < -0.4 is 5.32 Å². The zero-order valence-electron chi connectivity index (χ0n) is 12.6. The number of anilines is 1. The van der Waals surface area contributed by atoms with Gasteiger partial charge in [0.05, 0.1) is 5.69 Å². The van der Waals surface area contributed by atoms with Crippen molar-refractivity contribution in [2.75, 3.05) is 5.32 Å². The zero-order chi connectivity index (χ0) is 14.3. The van der Waals surface area contributed by atoms with Gasteiger partial charge in [0.1, 0.15) is 11.6 Å². The molecular formula is C17H21N3. The van der Waals surface area contributed by atoms with Crippen LogP contribution in [0, 0.1) is 27.7 Å². The first kappa shape index (κ1) is 13.1.